The molecular formula is C15H21N3OS2. The van der Waals surface area contributed by atoms with Gasteiger partial charge in [0.25, 0.3) is 0 Å². The highest BCUT2D eigenvalue weighted by atomic mass is 32.2. The predicted octanol–water partition coefficient (Wildman–Crippen LogP) is 2.49. The zero-order valence-electron chi connectivity index (χ0n) is 12.5. The van der Waals surface area contributed by atoms with Gasteiger partial charge in [0.05, 0.1) is 12.5 Å². The summed E-state index contributed by atoms with van der Waals surface area (Å²) in [6.07, 6.45) is 0. The van der Waals surface area contributed by atoms with Crippen LogP contribution in [0.4, 0.5) is 0 Å². The first-order valence-electron chi connectivity index (χ1n) is 7.43. The van der Waals surface area contributed by atoms with E-state index in [1.165, 1.54) is 5.17 Å². The Kier molecular flexibility index (Phi) is 4.54. The van der Waals surface area contributed by atoms with Gasteiger partial charge in [-0.15, -0.1) is 11.3 Å². The van der Waals surface area contributed by atoms with Gasteiger partial charge in [-0.2, -0.15) is 0 Å². The van der Waals surface area contributed by atoms with Crippen LogP contribution in [0.2, 0.25) is 0 Å². The van der Waals surface area contributed by atoms with Crippen LogP contribution in [0.25, 0.3) is 0 Å². The molecule has 1 fully saturated rings. The van der Waals surface area contributed by atoms with E-state index in [2.05, 4.69) is 22.9 Å². The molecule has 1 saturated heterocycles. The minimum Gasteiger partial charge on any atom is -0.348 e. The minimum atomic E-state index is -0.0187. The Bertz CT molecular complexity index is 521. The van der Waals surface area contributed by atoms with Gasteiger partial charge in [0, 0.05) is 36.3 Å². The van der Waals surface area contributed by atoms with Gasteiger partial charge in [-0.1, -0.05) is 24.8 Å². The number of carbonyl (C=O) groups is 1. The van der Waals surface area contributed by atoms with Gasteiger partial charge >= 0.3 is 0 Å². The van der Waals surface area contributed by atoms with Crippen LogP contribution in [0.1, 0.15) is 24.6 Å². The molecule has 2 atom stereocenters. The number of nitrogens with zero attached hydrogens (tertiary/aromatic N) is 3. The lowest BCUT2D eigenvalue weighted by Crippen LogP contribution is -2.50. The number of amides is 1. The number of piperazine rings is 1. The molecule has 0 aliphatic carbocycles. The Morgan fingerprint density at radius 1 is 1.38 bits per heavy atom. The highest BCUT2D eigenvalue weighted by Gasteiger charge is 2.29. The van der Waals surface area contributed by atoms with E-state index >= 15 is 0 Å². The fourth-order valence-electron chi connectivity index (χ4n) is 2.69. The van der Waals surface area contributed by atoms with Crippen molar-refractivity contribution in [2.24, 2.45) is 4.99 Å². The average Bonchev–Trinajstić information content (AvgIpc) is 3.17. The third-order valence-corrected chi connectivity index (χ3v) is 6.20. The monoisotopic (exact) mass is 323 g/mol. The van der Waals surface area contributed by atoms with Crippen LogP contribution in [0.3, 0.4) is 0 Å². The summed E-state index contributed by atoms with van der Waals surface area (Å²) in [5, 5.41) is 3.80. The lowest BCUT2D eigenvalue weighted by Gasteiger charge is -2.36. The number of thiophene rings is 1. The molecule has 21 heavy (non-hydrogen) atoms. The van der Waals surface area contributed by atoms with Gasteiger partial charge in [-0.25, -0.2) is 0 Å². The summed E-state index contributed by atoms with van der Waals surface area (Å²) in [4.78, 5) is 22.6. The first kappa shape index (κ1) is 14.9. The van der Waals surface area contributed by atoms with Gasteiger partial charge in [-0.3, -0.25) is 9.79 Å². The third-order valence-electron chi connectivity index (χ3n) is 3.99. The maximum atomic E-state index is 12.6. The second-order valence-electron chi connectivity index (χ2n) is 5.60. The molecule has 0 bridgehead atoms. The highest BCUT2D eigenvalue weighted by Crippen LogP contribution is 2.26. The zero-order chi connectivity index (χ0) is 14.8. The van der Waals surface area contributed by atoms with Gasteiger partial charge in [-0.05, 0) is 18.4 Å². The fraction of sp³-hybridized carbons (Fsp3) is 0.600. The maximum Gasteiger partial charge on any atom is 0.230 e. The van der Waals surface area contributed by atoms with Gasteiger partial charge in [0.15, 0.2) is 5.17 Å². The molecular weight excluding hydrogens is 302 g/mol. The molecule has 0 radical (unpaired) electrons. The molecule has 0 spiro atoms. The lowest BCUT2D eigenvalue weighted by atomic mass is 10.1. The van der Waals surface area contributed by atoms with Crippen molar-refractivity contribution in [3.63, 3.8) is 0 Å². The molecule has 0 N–H and O–H groups in total. The van der Waals surface area contributed by atoms with Gasteiger partial charge < -0.3 is 9.80 Å². The van der Waals surface area contributed by atoms with Gasteiger partial charge in [0.2, 0.25) is 5.91 Å². The average molecular weight is 323 g/mol. The quantitative estimate of drug-likeness (QED) is 0.839. The van der Waals surface area contributed by atoms with Crippen molar-refractivity contribution in [2.45, 2.75) is 25.0 Å². The number of aliphatic imine (C=N–C) groups is 1. The van der Waals surface area contributed by atoms with Crippen LogP contribution in [-0.2, 0) is 4.79 Å². The molecule has 6 heteroatoms. The van der Waals surface area contributed by atoms with Crippen molar-refractivity contribution in [3.8, 4) is 0 Å². The van der Waals surface area contributed by atoms with E-state index in [0.29, 0.717) is 5.25 Å². The number of amidine groups is 1. The molecule has 1 aromatic rings. The Balaban J connectivity index is 1.55. The van der Waals surface area contributed by atoms with E-state index in [4.69, 9.17) is 0 Å². The van der Waals surface area contributed by atoms with Crippen molar-refractivity contribution in [1.82, 2.24) is 9.80 Å². The summed E-state index contributed by atoms with van der Waals surface area (Å²) in [5.74, 6) is 0.237. The van der Waals surface area contributed by atoms with E-state index < -0.39 is 0 Å². The van der Waals surface area contributed by atoms with Gasteiger partial charge in [0.1, 0.15) is 0 Å². The lowest BCUT2D eigenvalue weighted by molar-refractivity contribution is -0.133. The zero-order valence-corrected chi connectivity index (χ0v) is 14.1. The molecule has 1 amide bonds. The Labute approximate surface area is 134 Å². The number of rotatable bonds is 2. The maximum absolute atomic E-state index is 12.6. The minimum absolute atomic E-state index is 0.0187. The third kappa shape index (κ3) is 3.26. The van der Waals surface area contributed by atoms with Crippen LogP contribution in [0, 0.1) is 0 Å². The van der Waals surface area contributed by atoms with Crippen LogP contribution >= 0.6 is 23.1 Å². The SMILES string of the molecule is C[C@H]1CN=C(N2CCN(C(=O)[C@H](C)c3cccs3)CC2)S1. The molecule has 0 aromatic carbocycles. The first-order chi connectivity index (χ1) is 10.1. The summed E-state index contributed by atoms with van der Waals surface area (Å²) in [5.41, 5.74) is 0. The molecule has 2 aliphatic heterocycles. The standard InChI is InChI=1S/C15H21N3OS2/c1-11-10-16-15(21-11)18-7-5-17(6-8-18)14(19)12(2)13-4-3-9-20-13/h3-4,9,11-12H,5-8,10H2,1-2H3/t11-,12+/m0/s1. The summed E-state index contributed by atoms with van der Waals surface area (Å²) in [7, 11) is 0. The van der Waals surface area contributed by atoms with Crippen molar-refractivity contribution in [1.29, 1.82) is 0 Å². The molecule has 4 nitrogen and oxygen atoms in total. The van der Waals surface area contributed by atoms with Crippen LogP contribution < -0.4 is 0 Å². The Hall–Kier alpha value is -1.01. The van der Waals surface area contributed by atoms with E-state index in [9.17, 15) is 4.79 Å². The summed E-state index contributed by atoms with van der Waals surface area (Å²) in [6, 6.07) is 4.06. The van der Waals surface area contributed by atoms with E-state index in [1.54, 1.807) is 11.3 Å². The normalized spacial score (nSPS) is 24.1. The molecule has 2 aliphatic rings. The largest absolute Gasteiger partial charge is 0.348 e. The molecule has 3 heterocycles. The second kappa shape index (κ2) is 6.40. The molecule has 0 saturated carbocycles. The van der Waals surface area contributed by atoms with Crippen LogP contribution in [0.5, 0.6) is 0 Å². The molecule has 0 unspecified atom stereocenters. The number of thioether (sulfide) groups is 1. The predicted molar refractivity (Wildman–Crippen MR) is 90.2 cm³/mol. The number of carbonyl (C=O) groups excluding carboxylic acids is 1. The molecule has 114 valence electrons. The fourth-order valence-corrected chi connectivity index (χ4v) is 4.45. The van der Waals surface area contributed by atoms with Crippen molar-refractivity contribution >= 4 is 34.2 Å². The summed E-state index contributed by atoms with van der Waals surface area (Å²) in [6.45, 7) is 8.57. The smallest absolute Gasteiger partial charge is 0.230 e. The van der Waals surface area contributed by atoms with E-state index in [0.717, 1.165) is 37.6 Å². The number of hydrogen-bond donors (Lipinski definition) is 0. The van der Waals surface area contributed by atoms with Crippen molar-refractivity contribution < 1.29 is 4.79 Å². The molecule has 3 rings (SSSR count). The van der Waals surface area contributed by atoms with Crippen molar-refractivity contribution in [2.75, 3.05) is 32.7 Å². The molecule has 1 aromatic heterocycles. The van der Waals surface area contributed by atoms with E-state index in [1.807, 2.05) is 35.0 Å². The van der Waals surface area contributed by atoms with E-state index in [-0.39, 0.29) is 11.8 Å². The Morgan fingerprint density at radius 2 is 2.14 bits per heavy atom. The van der Waals surface area contributed by atoms with Crippen LogP contribution in [0.15, 0.2) is 22.5 Å². The summed E-state index contributed by atoms with van der Waals surface area (Å²) >= 11 is 3.52. The summed E-state index contributed by atoms with van der Waals surface area (Å²) < 4.78 is 0. The number of hydrogen-bond acceptors (Lipinski definition) is 5. The first-order valence-corrected chi connectivity index (χ1v) is 9.19. The topological polar surface area (TPSA) is 35.9 Å². The van der Waals surface area contributed by atoms with Crippen LogP contribution in [-0.4, -0.2) is 58.8 Å². The Morgan fingerprint density at radius 3 is 2.71 bits per heavy atom. The second-order valence-corrected chi connectivity index (χ2v) is 7.99. The van der Waals surface area contributed by atoms with Crippen molar-refractivity contribution in [3.05, 3.63) is 22.4 Å². The highest BCUT2D eigenvalue weighted by molar-refractivity contribution is 8.14.